The molecule has 124 valence electrons. The molecule has 0 aliphatic rings. The van der Waals surface area contributed by atoms with Crippen LogP contribution in [-0.4, -0.2) is 26.7 Å². The van der Waals surface area contributed by atoms with E-state index in [9.17, 15) is 4.79 Å². The van der Waals surface area contributed by atoms with Gasteiger partial charge in [0.25, 0.3) is 11.3 Å². The van der Waals surface area contributed by atoms with Crippen LogP contribution in [0.1, 0.15) is 0 Å². The molecule has 0 aliphatic heterocycles. The summed E-state index contributed by atoms with van der Waals surface area (Å²) in [5.41, 5.74) is 1.96. The number of ether oxygens (including phenoxy) is 1. The van der Waals surface area contributed by atoms with E-state index in [0.717, 1.165) is 16.9 Å². The maximum Gasteiger partial charge on any atom is 0.274 e. The number of aromatic nitrogens is 4. The monoisotopic (exact) mass is 352 g/mol. The molecule has 0 aliphatic carbocycles. The van der Waals surface area contributed by atoms with Gasteiger partial charge in [-0.05, 0) is 48.5 Å². The normalized spacial score (nSPS) is 11.0. The summed E-state index contributed by atoms with van der Waals surface area (Å²) in [6, 6.07) is 16.0. The number of fused-ring (bicyclic) bond motifs is 1. The molecule has 0 fully saturated rings. The molecule has 0 unspecified atom stereocenters. The number of rotatable bonds is 3. The van der Waals surface area contributed by atoms with Gasteiger partial charge in [0, 0.05) is 22.2 Å². The SMILES string of the molecule is COc1ccc(-c2cc(=O)n3[nH]c(-c4ccc(Cl)cc4)nc3n2)cc1. The van der Waals surface area contributed by atoms with E-state index in [0.29, 0.717) is 22.3 Å². The number of H-pyrrole nitrogens is 1. The van der Waals surface area contributed by atoms with Gasteiger partial charge in [0.15, 0.2) is 5.82 Å². The molecule has 2 heterocycles. The first-order chi connectivity index (χ1) is 12.1. The number of nitrogens with one attached hydrogen (secondary N) is 1. The lowest BCUT2D eigenvalue weighted by Crippen LogP contribution is -2.14. The third-order valence-corrected chi connectivity index (χ3v) is 4.09. The maximum atomic E-state index is 12.4. The Balaban J connectivity index is 1.81. The Morgan fingerprint density at radius 3 is 2.36 bits per heavy atom. The lowest BCUT2D eigenvalue weighted by molar-refractivity contribution is 0.415. The van der Waals surface area contributed by atoms with Gasteiger partial charge in [-0.25, -0.2) is 4.98 Å². The van der Waals surface area contributed by atoms with Crippen molar-refractivity contribution in [3.8, 4) is 28.4 Å². The molecule has 0 saturated carbocycles. The molecule has 7 heteroatoms. The Hall–Kier alpha value is -3.12. The van der Waals surface area contributed by atoms with Gasteiger partial charge in [-0.1, -0.05) is 11.6 Å². The Morgan fingerprint density at radius 2 is 1.68 bits per heavy atom. The van der Waals surface area contributed by atoms with E-state index in [1.54, 1.807) is 19.2 Å². The summed E-state index contributed by atoms with van der Waals surface area (Å²) >= 11 is 5.91. The highest BCUT2D eigenvalue weighted by molar-refractivity contribution is 6.30. The summed E-state index contributed by atoms with van der Waals surface area (Å²) in [4.78, 5) is 21.3. The zero-order valence-corrected chi connectivity index (χ0v) is 14.0. The minimum atomic E-state index is -0.233. The van der Waals surface area contributed by atoms with Crippen LogP contribution in [-0.2, 0) is 0 Å². The summed E-state index contributed by atoms with van der Waals surface area (Å²) in [5, 5.41) is 3.60. The maximum absolute atomic E-state index is 12.4. The second kappa shape index (κ2) is 6.07. The highest BCUT2D eigenvalue weighted by Crippen LogP contribution is 2.21. The second-order valence-corrected chi connectivity index (χ2v) is 5.86. The van der Waals surface area contributed by atoms with Crippen LogP contribution in [0.5, 0.6) is 5.75 Å². The zero-order valence-electron chi connectivity index (χ0n) is 13.2. The van der Waals surface area contributed by atoms with E-state index in [1.807, 2.05) is 36.4 Å². The summed E-state index contributed by atoms with van der Waals surface area (Å²) in [6.07, 6.45) is 0. The van der Waals surface area contributed by atoms with Crippen molar-refractivity contribution >= 4 is 17.4 Å². The number of nitrogens with zero attached hydrogens (tertiary/aromatic N) is 3. The van der Waals surface area contributed by atoms with Crippen LogP contribution in [0.3, 0.4) is 0 Å². The van der Waals surface area contributed by atoms with E-state index in [-0.39, 0.29) is 5.56 Å². The molecule has 2 aromatic heterocycles. The first kappa shape index (κ1) is 15.4. The van der Waals surface area contributed by atoms with Crippen LogP contribution in [0.4, 0.5) is 0 Å². The highest BCUT2D eigenvalue weighted by atomic mass is 35.5. The molecule has 0 amide bonds. The van der Waals surface area contributed by atoms with Crippen LogP contribution >= 0.6 is 11.6 Å². The molecule has 0 bridgehead atoms. The molecule has 2 aromatic carbocycles. The molecule has 4 aromatic rings. The predicted octanol–water partition coefficient (Wildman–Crippen LogP) is 3.41. The molecule has 25 heavy (non-hydrogen) atoms. The van der Waals surface area contributed by atoms with Crippen LogP contribution in [0, 0.1) is 0 Å². The minimum absolute atomic E-state index is 0.233. The molecule has 6 nitrogen and oxygen atoms in total. The van der Waals surface area contributed by atoms with Gasteiger partial charge in [-0.3, -0.25) is 9.89 Å². The molecular formula is C18H13ClN4O2. The quantitative estimate of drug-likeness (QED) is 0.613. The molecule has 1 N–H and O–H groups in total. The van der Waals surface area contributed by atoms with Crippen molar-refractivity contribution in [3.05, 3.63) is 70.0 Å². The summed E-state index contributed by atoms with van der Waals surface area (Å²) in [5.74, 6) is 1.60. The Labute approximate surface area is 147 Å². The van der Waals surface area contributed by atoms with E-state index in [1.165, 1.54) is 10.6 Å². The van der Waals surface area contributed by atoms with E-state index < -0.39 is 0 Å². The number of halogens is 1. The molecule has 0 saturated heterocycles. The van der Waals surface area contributed by atoms with Gasteiger partial charge >= 0.3 is 0 Å². The molecule has 0 spiro atoms. The summed E-state index contributed by atoms with van der Waals surface area (Å²) < 4.78 is 6.46. The molecule has 0 atom stereocenters. The third-order valence-electron chi connectivity index (χ3n) is 3.83. The van der Waals surface area contributed by atoms with Crippen molar-refractivity contribution in [1.29, 1.82) is 0 Å². The second-order valence-electron chi connectivity index (χ2n) is 5.42. The highest BCUT2D eigenvalue weighted by Gasteiger charge is 2.11. The fraction of sp³-hybridized carbons (Fsp3) is 0.0556. The smallest absolute Gasteiger partial charge is 0.274 e. The van der Waals surface area contributed by atoms with Crippen molar-refractivity contribution < 1.29 is 4.74 Å². The number of aromatic amines is 1. The van der Waals surface area contributed by atoms with Crippen molar-refractivity contribution in [3.63, 3.8) is 0 Å². The lowest BCUT2D eigenvalue weighted by Gasteiger charge is -2.02. The number of hydrogen-bond acceptors (Lipinski definition) is 4. The van der Waals surface area contributed by atoms with Crippen LogP contribution in [0.2, 0.25) is 5.02 Å². The molecule has 4 rings (SSSR count). The minimum Gasteiger partial charge on any atom is -0.497 e. The van der Waals surface area contributed by atoms with Crippen molar-refractivity contribution in [2.75, 3.05) is 7.11 Å². The first-order valence-corrected chi connectivity index (χ1v) is 7.92. The largest absolute Gasteiger partial charge is 0.497 e. The fourth-order valence-electron chi connectivity index (χ4n) is 2.53. The van der Waals surface area contributed by atoms with E-state index in [4.69, 9.17) is 16.3 Å². The van der Waals surface area contributed by atoms with Gasteiger partial charge in [0.1, 0.15) is 5.75 Å². The number of hydrogen-bond donors (Lipinski definition) is 1. The Kier molecular flexibility index (Phi) is 3.74. The third kappa shape index (κ3) is 2.88. The standard InChI is InChI=1S/C18H13ClN4O2/c1-25-14-8-4-11(5-9-14)15-10-16(24)23-18(20-15)21-17(22-23)12-2-6-13(19)7-3-12/h2-10H,1H3,(H,20,21,22). The predicted molar refractivity (Wildman–Crippen MR) is 96.0 cm³/mol. The topological polar surface area (TPSA) is 72.3 Å². The summed E-state index contributed by atoms with van der Waals surface area (Å²) in [6.45, 7) is 0. The van der Waals surface area contributed by atoms with Gasteiger partial charge in [0.05, 0.1) is 12.8 Å². The van der Waals surface area contributed by atoms with E-state index in [2.05, 4.69) is 15.1 Å². The summed E-state index contributed by atoms with van der Waals surface area (Å²) in [7, 11) is 1.60. The molecule has 0 radical (unpaired) electrons. The van der Waals surface area contributed by atoms with Crippen LogP contribution in [0.25, 0.3) is 28.4 Å². The number of benzene rings is 2. The average Bonchev–Trinajstić information content (AvgIpc) is 3.07. The van der Waals surface area contributed by atoms with Gasteiger partial charge in [-0.15, -0.1) is 0 Å². The van der Waals surface area contributed by atoms with Gasteiger partial charge in [0.2, 0.25) is 0 Å². The van der Waals surface area contributed by atoms with Crippen molar-refractivity contribution in [1.82, 2.24) is 19.6 Å². The Morgan fingerprint density at radius 1 is 1.00 bits per heavy atom. The fourth-order valence-corrected chi connectivity index (χ4v) is 2.65. The first-order valence-electron chi connectivity index (χ1n) is 7.54. The number of methoxy groups -OCH3 is 1. The van der Waals surface area contributed by atoms with Gasteiger partial charge < -0.3 is 4.74 Å². The van der Waals surface area contributed by atoms with Gasteiger partial charge in [-0.2, -0.15) is 9.50 Å². The lowest BCUT2D eigenvalue weighted by atomic mass is 10.1. The van der Waals surface area contributed by atoms with Crippen LogP contribution in [0.15, 0.2) is 59.4 Å². The van der Waals surface area contributed by atoms with Crippen LogP contribution < -0.4 is 10.3 Å². The van der Waals surface area contributed by atoms with Crippen molar-refractivity contribution in [2.45, 2.75) is 0 Å². The van der Waals surface area contributed by atoms with Crippen molar-refractivity contribution in [2.24, 2.45) is 0 Å². The zero-order chi connectivity index (χ0) is 17.4. The van der Waals surface area contributed by atoms with E-state index >= 15 is 0 Å². The average molecular weight is 353 g/mol. The Bertz CT molecular complexity index is 1100. The molecular weight excluding hydrogens is 340 g/mol.